The van der Waals surface area contributed by atoms with Crippen LogP contribution in [-0.4, -0.2) is 92.0 Å². The smallest absolute Gasteiger partial charge is 0.363 e. The molecule has 4 rings (SSSR count). The number of anilines is 2. The van der Waals surface area contributed by atoms with Gasteiger partial charge in [0.1, 0.15) is 18.0 Å². The van der Waals surface area contributed by atoms with Gasteiger partial charge in [-0.1, -0.05) is 12.1 Å². The number of hydrogen-bond acceptors (Lipinski definition) is 8. The number of aromatic nitrogens is 2. The summed E-state index contributed by atoms with van der Waals surface area (Å²) in [5.41, 5.74) is 0.841. The standard InChI is InChI=1S/C24H32F3N7O/c1-32(2)7-6-28-15-21(17-4-3-5-18(12-17)24(25,26)27)33-8-10-34(11-9-33)23-20-13-19(35)14-29-22(20)30-16-31-23/h3-5,12,16,21,28H,6-11,13-15H2,1-2H3,(H,29,30,31). The lowest BCUT2D eigenvalue weighted by molar-refractivity contribution is -0.137. The van der Waals surface area contributed by atoms with Gasteiger partial charge in [-0.3, -0.25) is 9.69 Å². The molecule has 1 unspecified atom stereocenters. The van der Waals surface area contributed by atoms with Gasteiger partial charge in [-0.05, 0) is 31.8 Å². The van der Waals surface area contributed by atoms with Gasteiger partial charge >= 0.3 is 6.18 Å². The predicted octanol–water partition coefficient (Wildman–Crippen LogP) is 2.05. The molecule has 8 nitrogen and oxygen atoms in total. The molecule has 0 aliphatic carbocycles. The van der Waals surface area contributed by atoms with E-state index in [4.69, 9.17) is 0 Å². The van der Waals surface area contributed by atoms with Crippen molar-refractivity contribution in [1.82, 2.24) is 25.1 Å². The zero-order valence-corrected chi connectivity index (χ0v) is 20.1. The highest BCUT2D eigenvalue weighted by atomic mass is 19.4. The number of carbonyl (C=O) groups is 1. The second-order valence-corrected chi connectivity index (χ2v) is 9.26. The number of carbonyl (C=O) groups excluding carboxylic acids is 1. The van der Waals surface area contributed by atoms with Crippen LogP contribution in [0.3, 0.4) is 0 Å². The van der Waals surface area contributed by atoms with E-state index in [9.17, 15) is 18.0 Å². The molecule has 1 atom stereocenters. The highest BCUT2D eigenvalue weighted by Crippen LogP contribution is 2.33. The highest BCUT2D eigenvalue weighted by Gasteiger charge is 2.33. The Morgan fingerprint density at radius 1 is 1.17 bits per heavy atom. The van der Waals surface area contributed by atoms with Gasteiger partial charge in [0.25, 0.3) is 0 Å². The largest absolute Gasteiger partial charge is 0.416 e. The van der Waals surface area contributed by atoms with Crippen molar-refractivity contribution in [2.75, 3.05) is 76.7 Å². The lowest BCUT2D eigenvalue weighted by Gasteiger charge is -2.41. The van der Waals surface area contributed by atoms with Gasteiger partial charge in [0.2, 0.25) is 0 Å². The molecule has 2 aromatic rings. The lowest BCUT2D eigenvalue weighted by Crippen LogP contribution is -2.50. The molecule has 1 fully saturated rings. The third-order valence-electron chi connectivity index (χ3n) is 6.48. The molecule has 35 heavy (non-hydrogen) atoms. The Morgan fingerprint density at radius 2 is 1.94 bits per heavy atom. The molecule has 2 aliphatic heterocycles. The van der Waals surface area contributed by atoms with Crippen LogP contribution in [0.1, 0.15) is 22.7 Å². The average molecular weight is 492 g/mol. The molecule has 1 aromatic heterocycles. The normalized spacial score (nSPS) is 17.9. The molecule has 1 aromatic carbocycles. The molecular formula is C24H32F3N7O. The predicted molar refractivity (Wildman–Crippen MR) is 129 cm³/mol. The maximum Gasteiger partial charge on any atom is 0.416 e. The van der Waals surface area contributed by atoms with Crippen molar-refractivity contribution in [3.63, 3.8) is 0 Å². The van der Waals surface area contributed by atoms with Crippen LogP contribution in [-0.2, 0) is 17.4 Å². The van der Waals surface area contributed by atoms with Crippen LogP contribution in [0, 0.1) is 0 Å². The number of ketones is 1. The first-order chi connectivity index (χ1) is 16.7. The van der Waals surface area contributed by atoms with Crippen LogP contribution in [0.5, 0.6) is 0 Å². The summed E-state index contributed by atoms with van der Waals surface area (Å²) < 4.78 is 40.2. The third-order valence-corrected chi connectivity index (χ3v) is 6.48. The number of Topliss-reactive ketones (excluding diaryl/α,β-unsaturated/α-hetero) is 1. The molecule has 0 radical (unpaired) electrons. The van der Waals surface area contributed by atoms with Gasteiger partial charge in [0.15, 0.2) is 5.78 Å². The molecule has 2 N–H and O–H groups in total. The minimum atomic E-state index is -4.38. The molecule has 1 saturated heterocycles. The van der Waals surface area contributed by atoms with E-state index in [1.165, 1.54) is 18.5 Å². The van der Waals surface area contributed by atoms with Gasteiger partial charge in [0, 0.05) is 63.8 Å². The van der Waals surface area contributed by atoms with E-state index in [0.717, 1.165) is 30.5 Å². The van der Waals surface area contributed by atoms with Crippen molar-refractivity contribution in [3.8, 4) is 0 Å². The van der Waals surface area contributed by atoms with E-state index in [2.05, 4.69) is 35.3 Å². The van der Waals surface area contributed by atoms with Crippen molar-refractivity contribution in [3.05, 3.63) is 47.3 Å². The number of hydrogen-bond donors (Lipinski definition) is 2. The quantitative estimate of drug-likeness (QED) is 0.544. The fraction of sp³-hybridized carbons (Fsp3) is 0.542. The zero-order valence-electron chi connectivity index (χ0n) is 20.1. The highest BCUT2D eigenvalue weighted by molar-refractivity contribution is 5.90. The van der Waals surface area contributed by atoms with Crippen molar-refractivity contribution < 1.29 is 18.0 Å². The number of likely N-dealkylation sites (N-methyl/N-ethyl adjacent to an activating group) is 1. The average Bonchev–Trinajstić information content (AvgIpc) is 2.83. The molecular weight excluding hydrogens is 459 g/mol. The Hall–Kier alpha value is -2.76. The van der Waals surface area contributed by atoms with E-state index in [1.54, 1.807) is 6.07 Å². The van der Waals surface area contributed by atoms with Crippen LogP contribution >= 0.6 is 0 Å². The zero-order chi connectivity index (χ0) is 25.0. The Morgan fingerprint density at radius 3 is 2.66 bits per heavy atom. The number of nitrogens with one attached hydrogen (secondary N) is 2. The van der Waals surface area contributed by atoms with Gasteiger partial charge in [-0.2, -0.15) is 13.2 Å². The molecule has 3 heterocycles. The number of rotatable bonds is 8. The molecule has 11 heteroatoms. The molecule has 0 bridgehead atoms. The first kappa shape index (κ1) is 25.3. The summed E-state index contributed by atoms with van der Waals surface area (Å²) in [7, 11) is 3.97. The Bertz CT molecular complexity index is 1020. The summed E-state index contributed by atoms with van der Waals surface area (Å²) in [6.07, 6.45) is -2.57. The SMILES string of the molecule is CN(C)CCNCC(c1cccc(C(F)(F)F)c1)N1CCN(c2ncnc3c2CC(=O)CN3)CC1. The fourth-order valence-corrected chi connectivity index (χ4v) is 4.60. The number of nitrogens with zero attached hydrogens (tertiary/aromatic N) is 5. The van der Waals surface area contributed by atoms with Crippen LogP contribution in [0.15, 0.2) is 30.6 Å². The second-order valence-electron chi connectivity index (χ2n) is 9.26. The second kappa shape index (κ2) is 10.9. The monoisotopic (exact) mass is 491 g/mol. The number of piperazine rings is 1. The Kier molecular flexibility index (Phi) is 7.88. The Balaban J connectivity index is 1.49. The molecule has 2 aliphatic rings. The van der Waals surface area contributed by atoms with Crippen LogP contribution in [0.2, 0.25) is 0 Å². The lowest BCUT2D eigenvalue weighted by atomic mass is 10.0. The minimum absolute atomic E-state index is 0.0978. The molecule has 0 amide bonds. The van der Waals surface area contributed by atoms with Crippen LogP contribution < -0.4 is 15.5 Å². The Labute approximate surface area is 203 Å². The molecule has 0 spiro atoms. The van der Waals surface area contributed by atoms with Crippen molar-refractivity contribution in [2.24, 2.45) is 0 Å². The third kappa shape index (κ3) is 6.28. The van der Waals surface area contributed by atoms with E-state index in [0.29, 0.717) is 50.5 Å². The maximum absolute atomic E-state index is 13.4. The number of halogens is 3. The molecule has 0 saturated carbocycles. The van der Waals surface area contributed by atoms with Crippen molar-refractivity contribution >= 4 is 17.4 Å². The van der Waals surface area contributed by atoms with Crippen molar-refractivity contribution in [2.45, 2.75) is 18.6 Å². The summed E-state index contributed by atoms with van der Waals surface area (Å²) in [6.45, 7) is 5.06. The van der Waals surface area contributed by atoms with Crippen LogP contribution in [0.4, 0.5) is 24.8 Å². The van der Waals surface area contributed by atoms with Crippen LogP contribution in [0.25, 0.3) is 0 Å². The molecule has 190 valence electrons. The van der Waals surface area contributed by atoms with Gasteiger partial charge in [-0.25, -0.2) is 9.97 Å². The van der Waals surface area contributed by atoms with Gasteiger partial charge in [0.05, 0.1) is 12.1 Å². The van der Waals surface area contributed by atoms with E-state index in [-0.39, 0.29) is 18.4 Å². The first-order valence-electron chi connectivity index (χ1n) is 11.8. The maximum atomic E-state index is 13.4. The van der Waals surface area contributed by atoms with Gasteiger partial charge < -0.3 is 20.4 Å². The summed E-state index contributed by atoms with van der Waals surface area (Å²) in [5.74, 6) is 1.56. The van der Waals surface area contributed by atoms with E-state index in [1.807, 2.05) is 14.1 Å². The number of benzene rings is 1. The summed E-state index contributed by atoms with van der Waals surface area (Å²) in [5, 5.41) is 6.47. The van der Waals surface area contributed by atoms with E-state index >= 15 is 0 Å². The number of alkyl halides is 3. The minimum Gasteiger partial charge on any atom is -0.363 e. The fourth-order valence-electron chi connectivity index (χ4n) is 4.60. The first-order valence-corrected chi connectivity index (χ1v) is 11.8. The summed E-state index contributed by atoms with van der Waals surface area (Å²) in [4.78, 5) is 27.1. The summed E-state index contributed by atoms with van der Waals surface area (Å²) >= 11 is 0. The van der Waals surface area contributed by atoms with E-state index < -0.39 is 11.7 Å². The summed E-state index contributed by atoms with van der Waals surface area (Å²) in [6, 6.07) is 5.45. The van der Waals surface area contributed by atoms with Gasteiger partial charge in [-0.15, -0.1) is 0 Å². The number of fused-ring (bicyclic) bond motifs is 1. The topological polar surface area (TPSA) is 76.6 Å². The van der Waals surface area contributed by atoms with Crippen molar-refractivity contribution in [1.29, 1.82) is 0 Å².